The maximum Gasteiger partial charge on any atom is 0.237 e. The number of aryl methyl sites for hydroxylation is 1. The minimum atomic E-state index is -0.766. The highest BCUT2D eigenvalue weighted by molar-refractivity contribution is 6.42. The number of aromatic nitrogens is 2. The van der Waals surface area contributed by atoms with E-state index in [1.807, 2.05) is 19.1 Å². The lowest BCUT2D eigenvalue weighted by molar-refractivity contribution is -0.124. The van der Waals surface area contributed by atoms with Gasteiger partial charge in [-0.05, 0) is 55.0 Å². The van der Waals surface area contributed by atoms with Crippen molar-refractivity contribution < 1.29 is 4.79 Å². The zero-order chi connectivity index (χ0) is 21.4. The van der Waals surface area contributed by atoms with E-state index in [0.29, 0.717) is 31.8 Å². The van der Waals surface area contributed by atoms with Gasteiger partial charge in [-0.3, -0.25) is 4.79 Å². The topological polar surface area (TPSA) is 54.9 Å². The summed E-state index contributed by atoms with van der Waals surface area (Å²) in [6.45, 7) is 6.21. The molecule has 0 saturated heterocycles. The molecule has 2 aliphatic rings. The molecule has 7 heteroatoms. The number of hydrogen-bond donors (Lipinski definition) is 1. The Morgan fingerprint density at radius 1 is 1.03 bits per heavy atom. The summed E-state index contributed by atoms with van der Waals surface area (Å²) < 4.78 is 0. The Bertz CT molecular complexity index is 1240. The molecule has 2 aliphatic carbocycles. The van der Waals surface area contributed by atoms with Crippen molar-refractivity contribution >= 4 is 57.4 Å². The largest absolute Gasteiger partial charge is 0.325 e. The lowest BCUT2D eigenvalue weighted by Gasteiger charge is -2.36. The molecule has 1 aromatic heterocycles. The smallest absolute Gasteiger partial charge is 0.237 e. The number of amides is 1. The standard InChI is InChI=1S/C23H20Cl3N3O/c1-11-4-5-12(8-14(11)24)27-21(30)23-7-6-13(22(23,2)3)19-20(23)29-18-10-16(26)15(25)9-17(18)28-19/h4-5,8-10,13H,6-7H2,1-3H3,(H,27,30). The van der Waals surface area contributed by atoms with Gasteiger partial charge in [0.1, 0.15) is 0 Å². The molecule has 4 nitrogen and oxygen atoms in total. The molecule has 2 unspecified atom stereocenters. The quantitative estimate of drug-likeness (QED) is 0.463. The van der Waals surface area contributed by atoms with Gasteiger partial charge in [0.25, 0.3) is 0 Å². The van der Waals surface area contributed by atoms with Crippen LogP contribution in [-0.4, -0.2) is 15.9 Å². The van der Waals surface area contributed by atoms with Crippen LogP contribution in [-0.2, 0) is 10.2 Å². The van der Waals surface area contributed by atoms with Crippen LogP contribution in [0.5, 0.6) is 0 Å². The van der Waals surface area contributed by atoms with Crippen molar-refractivity contribution in [3.63, 3.8) is 0 Å². The van der Waals surface area contributed by atoms with Gasteiger partial charge in [-0.15, -0.1) is 0 Å². The van der Waals surface area contributed by atoms with Crippen LogP contribution in [0.25, 0.3) is 11.0 Å². The highest BCUT2D eigenvalue weighted by Crippen LogP contribution is 2.67. The van der Waals surface area contributed by atoms with Crippen LogP contribution in [0.15, 0.2) is 30.3 Å². The van der Waals surface area contributed by atoms with Gasteiger partial charge in [0.05, 0.1) is 37.9 Å². The zero-order valence-corrected chi connectivity index (χ0v) is 19.1. The Balaban J connectivity index is 1.65. The number of anilines is 1. The van der Waals surface area contributed by atoms with Crippen molar-refractivity contribution in [2.75, 3.05) is 5.32 Å². The molecule has 2 atom stereocenters. The van der Waals surface area contributed by atoms with E-state index in [4.69, 9.17) is 44.8 Å². The fourth-order valence-electron chi connectivity index (χ4n) is 5.29. The number of nitrogens with one attached hydrogen (secondary N) is 1. The molecule has 0 radical (unpaired) electrons. The lowest BCUT2D eigenvalue weighted by atomic mass is 9.67. The number of carbonyl (C=O) groups is 1. The molecule has 0 spiro atoms. The van der Waals surface area contributed by atoms with Gasteiger partial charge in [-0.1, -0.05) is 54.7 Å². The Morgan fingerprint density at radius 2 is 1.70 bits per heavy atom. The second-order valence-electron chi connectivity index (χ2n) is 8.85. The van der Waals surface area contributed by atoms with Crippen molar-refractivity contribution in [1.29, 1.82) is 0 Å². The average molecular weight is 461 g/mol. The molecule has 2 bridgehead atoms. The maximum atomic E-state index is 13.8. The van der Waals surface area contributed by atoms with Crippen molar-refractivity contribution in [2.45, 2.75) is 44.9 Å². The number of hydrogen-bond acceptors (Lipinski definition) is 3. The summed E-state index contributed by atoms with van der Waals surface area (Å²) in [6.07, 6.45) is 1.62. The molecule has 1 heterocycles. The van der Waals surface area contributed by atoms with Crippen LogP contribution >= 0.6 is 34.8 Å². The van der Waals surface area contributed by atoms with E-state index in [-0.39, 0.29) is 17.2 Å². The first kappa shape index (κ1) is 20.0. The van der Waals surface area contributed by atoms with Crippen LogP contribution in [0.3, 0.4) is 0 Å². The van der Waals surface area contributed by atoms with Gasteiger partial charge in [-0.2, -0.15) is 0 Å². The third-order valence-electron chi connectivity index (χ3n) is 7.06. The third kappa shape index (κ3) is 2.57. The molecule has 1 amide bonds. The minimum absolute atomic E-state index is 0.0672. The summed E-state index contributed by atoms with van der Waals surface area (Å²) in [5.74, 6) is 0.0913. The van der Waals surface area contributed by atoms with E-state index in [1.165, 1.54) is 0 Å². The Morgan fingerprint density at radius 3 is 2.37 bits per heavy atom. The second kappa shape index (κ2) is 6.56. The maximum absolute atomic E-state index is 13.8. The number of fused-ring (bicyclic) bond motifs is 6. The van der Waals surface area contributed by atoms with Crippen LogP contribution < -0.4 is 5.32 Å². The van der Waals surface area contributed by atoms with E-state index < -0.39 is 5.41 Å². The fraction of sp³-hybridized carbons (Fsp3) is 0.348. The summed E-state index contributed by atoms with van der Waals surface area (Å²) in [5.41, 5.74) is 3.56. The second-order valence-corrected chi connectivity index (χ2v) is 10.1. The molecule has 1 saturated carbocycles. The number of nitrogens with zero attached hydrogens (tertiary/aromatic N) is 2. The van der Waals surface area contributed by atoms with Crippen LogP contribution in [0.2, 0.25) is 15.1 Å². The SMILES string of the molecule is Cc1ccc(NC(=O)C23CCC(c4nc5cc(Cl)c(Cl)cc5nc42)C3(C)C)cc1Cl. The summed E-state index contributed by atoms with van der Waals surface area (Å²) in [7, 11) is 0. The first-order valence-corrected chi connectivity index (χ1v) is 11.0. The van der Waals surface area contributed by atoms with Crippen molar-refractivity contribution in [2.24, 2.45) is 5.41 Å². The van der Waals surface area contributed by atoms with E-state index in [9.17, 15) is 4.79 Å². The molecule has 1 N–H and O–H groups in total. The normalized spacial score (nSPS) is 23.6. The summed E-state index contributed by atoms with van der Waals surface area (Å²) >= 11 is 18.7. The first-order valence-electron chi connectivity index (χ1n) is 9.90. The Kier molecular flexibility index (Phi) is 4.38. The molecule has 3 aromatic rings. The highest BCUT2D eigenvalue weighted by Gasteiger charge is 2.67. The molecule has 5 rings (SSSR count). The van der Waals surface area contributed by atoms with Crippen molar-refractivity contribution in [3.05, 3.63) is 62.4 Å². The van der Waals surface area contributed by atoms with E-state index in [1.54, 1.807) is 18.2 Å². The van der Waals surface area contributed by atoms with E-state index in [0.717, 1.165) is 29.8 Å². The van der Waals surface area contributed by atoms with Crippen LogP contribution in [0.4, 0.5) is 5.69 Å². The molecule has 30 heavy (non-hydrogen) atoms. The minimum Gasteiger partial charge on any atom is -0.325 e. The van der Waals surface area contributed by atoms with Gasteiger partial charge in [0, 0.05) is 16.6 Å². The van der Waals surface area contributed by atoms with Crippen molar-refractivity contribution in [1.82, 2.24) is 9.97 Å². The van der Waals surface area contributed by atoms with Gasteiger partial charge < -0.3 is 5.32 Å². The van der Waals surface area contributed by atoms with Crippen LogP contribution in [0, 0.1) is 12.3 Å². The number of rotatable bonds is 2. The van der Waals surface area contributed by atoms with E-state index in [2.05, 4.69) is 19.2 Å². The number of benzene rings is 2. The predicted octanol–water partition coefficient (Wildman–Crippen LogP) is 6.69. The zero-order valence-electron chi connectivity index (χ0n) is 16.8. The fourth-order valence-corrected chi connectivity index (χ4v) is 5.78. The van der Waals surface area contributed by atoms with Crippen LogP contribution in [0.1, 0.15) is 49.6 Å². The Labute approximate surface area is 190 Å². The van der Waals surface area contributed by atoms with Gasteiger partial charge in [-0.25, -0.2) is 9.97 Å². The van der Waals surface area contributed by atoms with Gasteiger partial charge in [0.2, 0.25) is 5.91 Å². The third-order valence-corrected chi connectivity index (χ3v) is 8.19. The highest BCUT2D eigenvalue weighted by atomic mass is 35.5. The number of halogens is 3. The summed E-state index contributed by atoms with van der Waals surface area (Å²) in [4.78, 5) is 23.6. The molecule has 2 aromatic carbocycles. The Hall–Kier alpha value is -1.88. The molecule has 1 fully saturated rings. The molecular formula is C23H20Cl3N3O. The van der Waals surface area contributed by atoms with Gasteiger partial charge >= 0.3 is 0 Å². The molecular weight excluding hydrogens is 441 g/mol. The number of carbonyl (C=O) groups excluding carboxylic acids is 1. The monoisotopic (exact) mass is 459 g/mol. The molecule has 154 valence electrons. The average Bonchev–Trinajstić information content (AvgIpc) is 3.06. The van der Waals surface area contributed by atoms with E-state index >= 15 is 0 Å². The van der Waals surface area contributed by atoms with Gasteiger partial charge in [0.15, 0.2) is 0 Å². The molecule has 0 aliphatic heterocycles. The first-order chi connectivity index (χ1) is 14.1. The predicted molar refractivity (Wildman–Crippen MR) is 122 cm³/mol. The lowest BCUT2D eigenvalue weighted by Crippen LogP contribution is -2.46. The summed E-state index contributed by atoms with van der Waals surface area (Å²) in [6, 6.07) is 9.02. The summed E-state index contributed by atoms with van der Waals surface area (Å²) in [5, 5.41) is 4.59. The van der Waals surface area contributed by atoms with Crippen molar-refractivity contribution in [3.8, 4) is 0 Å².